The number of alkyl halides is 3. The smallest absolute Gasteiger partial charge is 0.433 e. The number of benzene rings is 1. The van der Waals surface area contributed by atoms with Crippen LogP contribution in [0.1, 0.15) is 39.5 Å². The second-order valence-corrected chi connectivity index (χ2v) is 9.95. The Morgan fingerprint density at radius 3 is 2.72 bits per heavy atom. The van der Waals surface area contributed by atoms with E-state index in [4.69, 9.17) is 9.47 Å². The van der Waals surface area contributed by atoms with Gasteiger partial charge in [0.2, 0.25) is 0 Å². The van der Waals surface area contributed by atoms with Crippen molar-refractivity contribution in [2.24, 2.45) is 0 Å². The number of halogens is 3. The van der Waals surface area contributed by atoms with Gasteiger partial charge >= 0.3 is 6.18 Å². The number of carbonyl (C=O) groups excluding carboxylic acids is 1. The van der Waals surface area contributed by atoms with Crippen molar-refractivity contribution in [3.05, 3.63) is 64.4 Å². The third kappa shape index (κ3) is 6.40. The molecular weight excluding hydrogens is 493 g/mol. The number of aromatic nitrogens is 2. The molecule has 2 aromatic heterocycles. The maximum atomic E-state index is 13.1. The fourth-order valence-corrected chi connectivity index (χ4v) is 4.47. The maximum Gasteiger partial charge on any atom is 0.433 e. The number of hydrogen-bond acceptors (Lipinski definition) is 7. The second-order valence-electron chi connectivity index (χ2n) is 8.71. The molecule has 1 unspecified atom stereocenters. The van der Waals surface area contributed by atoms with Crippen LogP contribution >= 0.6 is 11.3 Å². The number of ether oxygens (including phenoxy) is 2. The van der Waals surface area contributed by atoms with E-state index in [0.29, 0.717) is 36.7 Å². The molecule has 1 aromatic carbocycles. The molecule has 1 aliphatic rings. The fourth-order valence-electron chi connectivity index (χ4n) is 3.72. The van der Waals surface area contributed by atoms with E-state index in [0.717, 1.165) is 34.3 Å². The Labute approximate surface area is 211 Å². The van der Waals surface area contributed by atoms with Gasteiger partial charge in [-0.05, 0) is 50.7 Å². The molecule has 1 N–H and O–H groups in total. The number of amides is 1. The molecule has 1 fully saturated rings. The van der Waals surface area contributed by atoms with Crippen molar-refractivity contribution >= 4 is 17.2 Å². The number of morpholine rings is 1. The van der Waals surface area contributed by atoms with Crippen LogP contribution < -0.4 is 10.1 Å². The summed E-state index contributed by atoms with van der Waals surface area (Å²) in [5.74, 6) is 0.133. The van der Waals surface area contributed by atoms with Crippen molar-refractivity contribution in [2.45, 2.75) is 32.1 Å². The van der Waals surface area contributed by atoms with Crippen LogP contribution in [0.25, 0.3) is 10.6 Å². The Bertz CT molecular complexity index is 1200. The van der Waals surface area contributed by atoms with Crippen LogP contribution in [0.4, 0.5) is 13.2 Å². The van der Waals surface area contributed by atoms with Crippen LogP contribution in [0.15, 0.2) is 42.7 Å². The van der Waals surface area contributed by atoms with Gasteiger partial charge in [-0.15, -0.1) is 11.3 Å². The summed E-state index contributed by atoms with van der Waals surface area (Å²) < 4.78 is 50.1. The van der Waals surface area contributed by atoms with Gasteiger partial charge in [0.25, 0.3) is 5.91 Å². The molecule has 0 radical (unpaired) electrons. The first-order chi connectivity index (χ1) is 17.1. The Hall–Kier alpha value is -3.02. The van der Waals surface area contributed by atoms with Gasteiger partial charge in [-0.1, -0.05) is 6.07 Å². The second kappa shape index (κ2) is 10.9. The molecule has 3 heterocycles. The lowest BCUT2D eigenvalue weighted by Gasteiger charge is -2.32. The number of rotatable bonds is 7. The molecule has 1 aliphatic heterocycles. The summed E-state index contributed by atoms with van der Waals surface area (Å²) in [5.41, 5.74) is 0.579. The van der Waals surface area contributed by atoms with Gasteiger partial charge in [0.05, 0.1) is 25.3 Å². The van der Waals surface area contributed by atoms with Crippen LogP contribution in [0, 0.1) is 6.92 Å². The highest BCUT2D eigenvalue weighted by atomic mass is 32.1. The monoisotopic (exact) mass is 520 g/mol. The molecule has 0 spiro atoms. The highest BCUT2D eigenvalue weighted by Gasteiger charge is 2.32. The largest absolute Gasteiger partial charge is 0.492 e. The molecule has 1 amide bonds. The van der Waals surface area contributed by atoms with E-state index in [1.165, 1.54) is 17.4 Å². The van der Waals surface area contributed by atoms with Crippen molar-refractivity contribution in [3.8, 4) is 16.3 Å². The first kappa shape index (κ1) is 26.1. The number of likely N-dealkylation sites (N-methyl/N-ethyl adjacent to an activating group) is 1. The lowest BCUT2D eigenvalue weighted by atomic mass is 10.1. The summed E-state index contributed by atoms with van der Waals surface area (Å²) in [6.07, 6.45) is -1.63. The van der Waals surface area contributed by atoms with Crippen molar-refractivity contribution in [3.63, 3.8) is 0 Å². The highest BCUT2D eigenvalue weighted by Crippen LogP contribution is 2.31. The zero-order chi connectivity index (χ0) is 25.9. The normalized spacial score (nSPS) is 17.6. The van der Waals surface area contributed by atoms with Crippen LogP contribution in [0.2, 0.25) is 0 Å². The number of hydrogen-bond donors (Lipinski definition) is 1. The minimum atomic E-state index is -4.52. The van der Waals surface area contributed by atoms with E-state index < -0.39 is 17.9 Å². The number of nitrogens with zero attached hydrogens (tertiary/aromatic N) is 3. The van der Waals surface area contributed by atoms with E-state index in [9.17, 15) is 18.0 Å². The number of aryl methyl sites for hydroxylation is 1. The molecule has 1 saturated heterocycles. The summed E-state index contributed by atoms with van der Waals surface area (Å²) in [7, 11) is 2.02. The van der Waals surface area contributed by atoms with Crippen LogP contribution in [0.3, 0.4) is 0 Å². The van der Waals surface area contributed by atoms with E-state index in [1.54, 1.807) is 25.3 Å². The van der Waals surface area contributed by atoms with Gasteiger partial charge in [-0.25, -0.2) is 4.98 Å². The molecule has 36 heavy (non-hydrogen) atoms. The van der Waals surface area contributed by atoms with E-state index in [2.05, 4.69) is 20.2 Å². The average Bonchev–Trinajstić information content (AvgIpc) is 3.29. The van der Waals surface area contributed by atoms with Crippen LogP contribution in [-0.4, -0.2) is 60.2 Å². The number of nitrogens with one attached hydrogen (secondary N) is 1. The number of thiazole rings is 1. The molecule has 0 aliphatic carbocycles. The van der Waals surface area contributed by atoms with Crippen molar-refractivity contribution in [2.75, 3.05) is 33.4 Å². The molecule has 11 heteroatoms. The zero-order valence-electron chi connectivity index (χ0n) is 20.1. The highest BCUT2D eigenvalue weighted by molar-refractivity contribution is 7.14. The Balaban J connectivity index is 1.53. The Morgan fingerprint density at radius 2 is 2.08 bits per heavy atom. The van der Waals surface area contributed by atoms with Crippen LogP contribution in [0.5, 0.6) is 5.75 Å². The number of carbonyl (C=O) groups is 1. The van der Waals surface area contributed by atoms with Crippen molar-refractivity contribution < 1.29 is 27.4 Å². The van der Waals surface area contributed by atoms with E-state index in [1.807, 2.05) is 20.0 Å². The average molecular weight is 521 g/mol. The number of pyridine rings is 1. The van der Waals surface area contributed by atoms with Gasteiger partial charge in [0, 0.05) is 34.9 Å². The van der Waals surface area contributed by atoms with Crippen molar-refractivity contribution in [1.29, 1.82) is 0 Å². The first-order valence-corrected chi connectivity index (χ1v) is 12.2. The SMILES string of the molecule is Cc1cnc(-c2cc(OC[C@@H]3COCCN3C)cc(C(=O)NC(C)c3ccc(C(F)(F)F)nc3)c2)s1. The minimum Gasteiger partial charge on any atom is -0.492 e. The van der Waals surface area contributed by atoms with E-state index in [-0.39, 0.29) is 11.9 Å². The van der Waals surface area contributed by atoms with E-state index >= 15 is 0 Å². The predicted molar refractivity (Wildman–Crippen MR) is 130 cm³/mol. The summed E-state index contributed by atoms with van der Waals surface area (Å²) in [6.45, 7) is 6.10. The van der Waals surface area contributed by atoms with Gasteiger partial charge in [0.1, 0.15) is 23.1 Å². The first-order valence-electron chi connectivity index (χ1n) is 11.4. The third-order valence-electron chi connectivity index (χ3n) is 5.93. The molecule has 0 saturated carbocycles. The lowest BCUT2D eigenvalue weighted by molar-refractivity contribution is -0.141. The standard InChI is InChI=1S/C25H27F3N4O3S/c1-15-11-30-24(36-15)19-8-18(9-21(10-19)35-14-20-13-34-7-6-32(20)3)23(33)31-16(2)17-4-5-22(29-12-17)25(26,27)28/h4-5,8-12,16,20H,6-7,13-14H2,1-3H3,(H,31,33)/t16?,20-/m0/s1. The molecule has 7 nitrogen and oxygen atoms in total. The Morgan fingerprint density at radius 1 is 1.28 bits per heavy atom. The quantitative estimate of drug-likeness (QED) is 0.485. The fraction of sp³-hybridized carbons (Fsp3) is 0.400. The molecular formula is C25H27F3N4O3S. The lowest BCUT2D eigenvalue weighted by Crippen LogP contribution is -2.46. The molecule has 192 valence electrons. The summed E-state index contributed by atoms with van der Waals surface area (Å²) in [5, 5.41) is 3.59. The topological polar surface area (TPSA) is 76.6 Å². The summed E-state index contributed by atoms with van der Waals surface area (Å²) in [6, 6.07) is 6.98. The van der Waals surface area contributed by atoms with Gasteiger partial charge < -0.3 is 14.8 Å². The molecule has 0 bridgehead atoms. The third-order valence-corrected chi connectivity index (χ3v) is 6.89. The van der Waals surface area contributed by atoms with Gasteiger partial charge in [-0.3, -0.25) is 14.7 Å². The molecule has 3 aromatic rings. The zero-order valence-corrected chi connectivity index (χ0v) is 20.9. The van der Waals surface area contributed by atoms with Gasteiger partial charge in [-0.2, -0.15) is 13.2 Å². The maximum absolute atomic E-state index is 13.1. The van der Waals surface area contributed by atoms with Gasteiger partial charge in [0.15, 0.2) is 0 Å². The van der Waals surface area contributed by atoms with Crippen LogP contribution in [-0.2, 0) is 10.9 Å². The van der Waals surface area contributed by atoms with Crippen molar-refractivity contribution in [1.82, 2.24) is 20.2 Å². The minimum absolute atomic E-state index is 0.0917. The Kier molecular flexibility index (Phi) is 7.91. The molecule has 2 atom stereocenters. The summed E-state index contributed by atoms with van der Waals surface area (Å²) in [4.78, 5) is 24.3. The predicted octanol–water partition coefficient (Wildman–Crippen LogP) is 4.73. The molecule has 4 rings (SSSR count). The summed E-state index contributed by atoms with van der Waals surface area (Å²) >= 11 is 1.50.